The number of amides is 1. The van der Waals surface area contributed by atoms with Crippen LogP contribution in [0.25, 0.3) is 11.0 Å². The lowest BCUT2D eigenvalue weighted by Crippen LogP contribution is -2.50. The molecule has 0 saturated carbocycles. The Kier molecular flexibility index (Phi) is 5.24. The van der Waals surface area contributed by atoms with E-state index in [1.165, 1.54) is 6.42 Å². The molecule has 1 aliphatic rings. The molecule has 2 aromatic rings. The van der Waals surface area contributed by atoms with Gasteiger partial charge in [-0.15, -0.1) is 0 Å². The zero-order valence-corrected chi connectivity index (χ0v) is 15.0. The minimum absolute atomic E-state index is 0.00540. The van der Waals surface area contributed by atoms with Crippen LogP contribution in [-0.2, 0) is 4.79 Å². The van der Waals surface area contributed by atoms with E-state index < -0.39 is 0 Å². The van der Waals surface area contributed by atoms with Gasteiger partial charge in [-0.2, -0.15) is 0 Å². The average molecular weight is 328 g/mol. The molecule has 24 heavy (non-hydrogen) atoms. The van der Waals surface area contributed by atoms with E-state index >= 15 is 0 Å². The Morgan fingerprint density at radius 3 is 2.92 bits per heavy atom. The first-order valence-corrected chi connectivity index (χ1v) is 9.14. The summed E-state index contributed by atoms with van der Waals surface area (Å²) in [5, 5.41) is 4.31. The van der Waals surface area contributed by atoms with Crippen LogP contribution in [0.1, 0.15) is 56.9 Å². The standard InChI is InChI=1S/C20H28N2O2/c1-4-12-22-13-8-7-10-17(22)20(23)21-15(3)19-14(2)16-9-5-6-11-18(16)24-19/h5-6,9,11,15,17H,4,7-8,10,12-13H2,1-3H3,(H,21,23). The fourth-order valence-electron chi connectivity index (χ4n) is 3.82. The van der Waals surface area contributed by atoms with Gasteiger partial charge in [-0.3, -0.25) is 9.69 Å². The second-order valence-corrected chi connectivity index (χ2v) is 6.87. The molecule has 1 aliphatic heterocycles. The Morgan fingerprint density at radius 1 is 1.38 bits per heavy atom. The topological polar surface area (TPSA) is 45.5 Å². The zero-order valence-electron chi connectivity index (χ0n) is 15.0. The maximum absolute atomic E-state index is 12.8. The van der Waals surface area contributed by atoms with Crippen LogP contribution in [0.15, 0.2) is 28.7 Å². The number of hydrogen-bond donors (Lipinski definition) is 1. The van der Waals surface area contributed by atoms with Crippen LogP contribution in [0.3, 0.4) is 0 Å². The van der Waals surface area contributed by atoms with Gasteiger partial charge in [0, 0.05) is 10.9 Å². The number of carbonyl (C=O) groups excluding carboxylic acids is 1. The molecule has 1 aromatic carbocycles. The lowest BCUT2D eigenvalue weighted by atomic mass is 10.0. The van der Waals surface area contributed by atoms with Crippen LogP contribution in [-0.4, -0.2) is 29.9 Å². The number of aryl methyl sites for hydroxylation is 1. The number of likely N-dealkylation sites (tertiary alicyclic amines) is 1. The quantitative estimate of drug-likeness (QED) is 0.895. The van der Waals surface area contributed by atoms with Crippen LogP contribution >= 0.6 is 0 Å². The van der Waals surface area contributed by atoms with Crippen molar-refractivity contribution in [3.05, 3.63) is 35.6 Å². The van der Waals surface area contributed by atoms with E-state index in [2.05, 4.69) is 30.1 Å². The van der Waals surface area contributed by atoms with Crippen molar-refractivity contribution in [1.29, 1.82) is 0 Å². The molecule has 1 saturated heterocycles. The van der Waals surface area contributed by atoms with Crippen molar-refractivity contribution >= 4 is 16.9 Å². The lowest BCUT2D eigenvalue weighted by Gasteiger charge is -2.35. The molecule has 0 bridgehead atoms. The summed E-state index contributed by atoms with van der Waals surface area (Å²) in [6.07, 6.45) is 4.37. The first kappa shape index (κ1) is 17.0. The Balaban J connectivity index is 1.74. The second-order valence-electron chi connectivity index (χ2n) is 6.87. The van der Waals surface area contributed by atoms with Crippen molar-refractivity contribution in [1.82, 2.24) is 10.2 Å². The Labute approximate surface area is 144 Å². The highest BCUT2D eigenvalue weighted by Crippen LogP contribution is 2.29. The number of rotatable bonds is 5. The summed E-state index contributed by atoms with van der Waals surface area (Å²) in [5.74, 6) is 0.998. The monoisotopic (exact) mass is 328 g/mol. The summed E-state index contributed by atoms with van der Waals surface area (Å²) in [5.41, 5.74) is 2.00. The number of fused-ring (bicyclic) bond motifs is 1. The molecular formula is C20H28N2O2. The third-order valence-electron chi connectivity index (χ3n) is 5.06. The maximum atomic E-state index is 12.8. The number of piperidine rings is 1. The van der Waals surface area contributed by atoms with Crippen molar-refractivity contribution < 1.29 is 9.21 Å². The van der Waals surface area contributed by atoms with Gasteiger partial charge in [0.25, 0.3) is 0 Å². The van der Waals surface area contributed by atoms with Crippen molar-refractivity contribution in [3.63, 3.8) is 0 Å². The van der Waals surface area contributed by atoms with Gasteiger partial charge in [-0.25, -0.2) is 0 Å². The first-order chi connectivity index (χ1) is 11.6. The molecule has 4 heteroatoms. The molecular weight excluding hydrogens is 300 g/mol. The minimum atomic E-state index is -0.115. The van der Waals surface area contributed by atoms with E-state index in [1.807, 2.05) is 25.1 Å². The van der Waals surface area contributed by atoms with Crippen molar-refractivity contribution in [2.24, 2.45) is 0 Å². The van der Waals surface area contributed by atoms with Crippen molar-refractivity contribution in [2.75, 3.05) is 13.1 Å². The highest BCUT2D eigenvalue weighted by molar-refractivity contribution is 5.84. The molecule has 1 N–H and O–H groups in total. The third-order valence-corrected chi connectivity index (χ3v) is 5.06. The molecule has 2 heterocycles. The summed E-state index contributed by atoms with van der Waals surface area (Å²) in [6, 6.07) is 7.92. The zero-order chi connectivity index (χ0) is 17.1. The molecule has 1 aromatic heterocycles. The summed E-state index contributed by atoms with van der Waals surface area (Å²) < 4.78 is 5.99. The highest BCUT2D eigenvalue weighted by atomic mass is 16.3. The number of carbonyl (C=O) groups is 1. The summed E-state index contributed by atoms with van der Waals surface area (Å²) >= 11 is 0. The SMILES string of the molecule is CCCN1CCCCC1C(=O)NC(C)c1oc2ccccc2c1C. The van der Waals surface area contributed by atoms with Gasteiger partial charge in [-0.05, 0) is 52.3 Å². The number of benzene rings is 1. The molecule has 130 valence electrons. The van der Waals surface area contributed by atoms with Crippen molar-refractivity contribution in [3.8, 4) is 0 Å². The van der Waals surface area contributed by atoms with Gasteiger partial charge >= 0.3 is 0 Å². The fourth-order valence-corrected chi connectivity index (χ4v) is 3.82. The molecule has 3 rings (SSSR count). The van der Waals surface area contributed by atoms with Gasteiger partial charge < -0.3 is 9.73 Å². The molecule has 0 radical (unpaired) electrons. The highest BCUT2D eigenvalue weighted by Gasteiger charge is 2.29. The van der Waals surface area contributed by atoms with Crippen LogP contribution in [0, 0.1) is 6.92 Å². The molecule has 4 nitrogen and oxygen atoms in total. The van der Waals surface area contributed by atoms with Gasteiger partial charge in [-0.1, -0.05) is 31.5 Å². The number of para-hydroxylation sites is 1. The average Bonchev–Trinajstić information content (AvgIpc) is 2.93. The number of furan rings is 1. The maximum Gasteiger partial charge on any atom is 0.237 e. The summed E-state index contributed by atoms with van der Waals surface area (Å²) in [7, 11) is 0. The van der Waals surface area contributed by atoms with Gasteiger partial charge in [0.15, 0.2) is 0 Å². The third kappa shape index (κ3) is 3.34. The smallest absolute Gasteiger partial charge is 0.237 e. The van der Waals surface area contributed by atoms with Gasteiger partial charge in [0.05, 0.1) is 12.1 Å². The molecule has 2 atom stereocenters. The van der Waals surface area contributed by atoms with Crippen molar-refractivity contribution in [2.45, 2.75) is 58.5 Å². The minimum Gasteiger partial charge on any atom is -0.459 e. The largest absolute Gasteiger partial charge is 0.459 e. The van der Waals surface area contributed by atoms with Gasteiger partial charge in [0.2, 0.25) is 5.91 Å². The number of nitrogens with zero attached hydrogens (tertiary/aromatic N) is 1. The van der Waals surface area contributed by atoms with E-state index in [9.17, 15) is 4.79 Å². The second kappa shape index (κ2) is 7.39. The summed E-state index contributed by atoms with van der Waals surface area (Å²) in [4.78, 5) is 15.1. The van der Waals surface area contributed by atoms with Crippen LogP contribution < -0.4 is 5.32 Å². The lowest BCUT2D eigenvalue weighted by molar-refractivity contribution is -0.128. The fraction of sp³-hybridized carbons (Fsp3) is 0.550. The molecule has 0 aliphatic carbocycles. The molecule has 2 unspecified atom stereocenters. The number of hydrogen-bond acceptors (Lipinski definition) is 3. The molecule has 0 spiro atoms. The van der Waals surface area contributed by atoms with E-state index in [1.54, 1.807) is 0 Å². The number of nitrogens with one attached hydrogen (secondary N) is 1. The van der Waals surface area contributed by atoms with Crippen LogP contribution in [0.2, 0.25) is 0 Å². The Bertz CT molecular complexity index is 705. The van der Waals surface area contributed by atoms with Gasteiger partial charge in [0.1, 0.15) is 11.3 Å². The predicted molar refractivity (Wildman–Crippen MR) is 97.0 cm³/mol. The molecule has 1 fully saturated rings. The van der Waals surface area contributed by atoms with E-state index in [0.29, 0.717) is 0 Å². The Morgan fingerprint density at radius 2 is 2.17 bits per heavy atom. The van der Waals surface area contributed by atoms with E-state index in [-0.39, 0.29) is 18.0 Å². The predicted octanol–water partition coefficient (Wildman–Crippen LogP) is 4.18. The first-order valence-electron chi connectivity index (χ1n) is 9.14. The Hall–Kier alpha value is -1.81. The van der Waals surface area contributed by atoms with Crippen LogP contribution in [0.5, 0.6) is 0 Å². The van der Waals surface area contributed by atoms with E-state index in [4.69, 9.17) is 4.42 Å². The van der Waals surface area contributed by atoms with Crippen LogP contribution in [0.4, 0.5) is 0 Å². The molecule has 1 amide bonds. The summed E-state index contributed by atoms with van der Waals surface area (Å²) in [6.45, 7) is 8.27. The van der Waals surface area contributed by atoms with E-state index in [0.717, 1.165) is 54.6 Å². The normalized spacial score (nSPS) is 20.2.